The van der Waals surface area contributed by atoms with Crippen LogP contribution in [0.4, 0.5) is 0 Å². The second kappa shape index (κ2) is 3.53. The van der Waals surface area contributed by atoms with E-state index in [1.165, 1.54) is 23.1 Å². The van der Waals surface area contributed by atoms with Crippen LogP contribution in [0.1, 0.15) is 37.5 Å². The van der Waals surface area contributed by atoms with Crippen LogP contribution in [-0.2, 0) is 6.42 Å². The molecule has 0 heterocycles. The SMILES string of the molecule is Cc1cccc(C)c1CC(C)(C)C. The van der Waals surface area contributed by atoms with Gasteiger partial charge in [0, 0.05) is 0 Å². The number of hydrogen-bond acceptors (Lipinski definition) is 0. The standard InChI is InChI=1S/C13H20/c1-10-7-6-8-11(2)12(10)9-13(3,4)5/h6-8H,9H2,1-5H3. The lowest BCUT2D eigenvalue weighted by molar-refractivity contribution is 0.409. The second-order valence-electron chi connectivity index (χ2n) is 5.11. The molecule has 0 nitrogen and oxygen atoms in total. The summed E-state index contributed by atoms with van der Waals surface area (Å²) in [5.74, 6) is 0. The number of rotatable bonds is 1. The number of aryl methyl sites for hydroxylation is 2. The van der Waals surface area contributed by atoms with Crippen molar-refractivity contribution in [3.8, 4) is 0 Å². The van der Waals surface area contributed by atoms with E-state index in [-0.39, 0.29) is 0 Å². The van der Waals surface area contributed by atoms with Gasteiger partial charge in [-0.3, -0.25) is 0 Å². The van der Waals surface area contributed by atoms with Gasteiger partial charge in [-0.25, -0.2) is 0 Å². The summed E-state index contributed by atoms with van der Waals surface area (Å²) in [5, 5.41) is 0. The fraction of sp³-hybridized carbons (Fsp3) is 0.538. The van der Waals surface area contributed by atoms with Crippen molar-refractivity contribution in [1.29, 1.82) is 0 Å². The maximum atomic E-state index is 2.29. The third-order valence-electron chi connectivity index (χ3n) is 2.35. The van der Waals surface area contributed by atoms with Crippen molar-refractivity contribution in [2.24, 2.45) is 5.41 Å². The molecule has 13 heavy (non-hydrogen) atoms. The average Bonchev–Trinajstić information content (AvgIpc) is 1.95. The molecular weight excluding hydrogens is 156 g/mol. The van der Waals surface area contributed by atoms with Gasteiger partial charge in [0.2, 0.25) is 0 Å². The van der Waals surface area contributed by atoms with Crippen LogP contribution in [0.3, 0.4) is 0 Å². The van der Waals surface area contributed by atoms with Gasteiger partial charge in [-0.2, -0.15) is 0 Å². The molecule has 0 bridgehead atoms. The minimum atomic E-state index is 0.386. The van der Waals surface area contributed by atoms with Gasteiger partial charge >= 0.3 is 0 Å². The van der Waals surface area contributed by atoms with Gasteiger partial charge < -0.3 is 0 Å². The highest BCUT2D eigenvalue weighted by molar-refractivity contribution is 5.34. The molecular formula is C13H20. The summed E-state index contributed by atoms with van der Waals surface area (Å²) < 4.78 is 0. The van der Waals surface area contributed by atoms with Gasteiger partial charge in [0.05, 0.1) is 0 Å². The first-order valence-electron chi connectivity index (χ1n) is 4.95. The molecule has 0 saturated heterocycles. The van der Waals surface area contributed by atoms with E-state index in [0.29, 0.717) is 5.41 Å². The molecule has 0 aromatic heterocycles. The van der Waals surface area contributed by atoms with Crippen molar-refractivity contribution < 1.29 is 0 Å². The molecule has 0 heteroatoms. The summed E-state index contributed by atoms with van der Waals surface area (Å²) in [6.07, 6.45) is 1.17. The van der Waals surface area contributed by atoms with Crippen molar-refractivity contribution in [2.75, 3.05) is 0 Å². The maximum absolute atomic E-state index is 2.29. The molecule has 0 fully saturated rings. The summed E-state index contributed by atoms with van der Waals surface area (Å²) in [5.41, 5.74) is 4.76. The molecule has 1 aromatic carbocycles. The summed E-state index contributed by atoms with van der Waals surface area (Å²) in [7, 11) is 0. The maximum Gasteiger partial charge on any atom is -0.0225 e. The monoisotopic (exact) mass is 176 g/mol. The number of hydrogen-bond donors (Lipinski definition) is 0. The Bertz CT molecular complexity index is 269. The lowest BCUT2D eigenvalue weighted by Gasteiger charge is -2.21. The molecule has 0 unspecified atom stereocenters. The first-order valence-corrected chi connectivity index (χ1v) is 4.95. The van der Waals surface area contributed by atoms with Crippen LogP contribution in [0.15, 0.2) is 18.2 Å². The van der Waals surface area contributed by atoms with Crippen molar-refractivity contribution >= 4 is 0 Å². The highest BCUT2D eigenvalue weighted by atomic mass is 14.2. The molecule has 1 rings (SSSR count). The first-order chi connectivity index (χ1) is 5.90. The molecule has 0 aliphatic heterocycles. The highest BCUT2D eigenvalue weighted by Gasteiger charge is 2.13. The van der Waals surface area contributed by atoms with Crippen molar-refractivity contribution in [1.82, 2.24) is 0 Å². The van der Waals surface area contributed by atoms with E-state index in [4.69, 9.17) is 0 Å². The molecule has 0 aliphatic rings. The average molecular weight is 176 g/mol. The molecule has 1 aromatic rings. The zero-order valence-electron chi connectivity index (χ0n) is 9.44. The third kappa shape index (κ3) is 2.87. The van der Waals surface area contributed by atoms with E-state index >= 15 is 0 Å². The molecule has 0 spiro atoms. The van der Waals surface area contributed by atoms with Crippen LogP contribution >= 0.6 is 0 Å². The largest absolute Gasteiger partial charge is 0.0617 e. The van der Waals surface area contributed by atoms with Crippen LogP contribution < -0.4 is 0 Å². The minimum Gasteiger partial charge on any atom is -0.0617 e. The quantitative estimate of drug-likeness (QED) is 0.609. The van der Waals surface area contributed by atoms with Gasteiger partial charge in [0.15, 0.2) is 0 Å². The van der Waals surface area contributed by atoms with E-state index in [2.05, 4.69) is 52.8 Å². The first kappa shape index (κ1) is 10.3. The Labute approximate surface area is 82.0 Å². The summed E-state index contributed by atoms with van der Waals surface area (Å²) in [6.45, 7) is 11.3. The van der Waals surface area contributed by atoms with Crippen LogP contribution in [0.2, 0.25) is 0 Å². The van der Waals surface area contributed by atoms with E-state index in [0.717, 1.165) is 0 Å². The Morgan fingerprint density at radius 2 is 1.46 bits per heavy atom. The lowest BCUT2D eigenvalue weighted by atomic mass is 9.85. The molecule has 0 radical (unpaired) electrons. The van der Waals surface area contributed by atoms with E-state index in [1.807, 2.05) is 0 Å². The third-order valence-corrected chi connectivity index (χ3v) is 2.35. The van der Waals surface area contributed by atoms with Crippen molar-refractivity contribution in [3.63, 3.8) is 0 Å². The topological polar surface area (TPSA) is 0 Å². The van der Waals surface area contributed by atoms with Gasteiger partial charge in [0.25, 0.3) is 0 Å². The number of benzene rings is 1. The van der Waals surface area contributed by atoms with Gasteiger partial charge in [0.1, 0.15) is 0 Å². The molecule has 0 aliphatic carbocycles. The summed E-state index contributed by atoms with van der Waals surface area (Å²) >= 11 is 0. The lowest BCUT2D eigenvalue weighted by Crippen LogP contribution is -2.11. The van der Waals surface area contributed by atoms with Crippen LogP contribution in [0.25, 0.3) is 0 Å². The van der Waals surface area contributed by atoms with E-state index < -0.39 is 0 Å². The van der Waals surface area contributed by atoms with Crippen LogP contribution in [0.5, 0.6) is 0 Å². The predicted octanol–water partition coefficient (Wildman–Crippen LogP) is 3.89. The normalized spacial score (nSPS) is 11.8. The van der Waals surface area contributed by atoms with E-state index in [1.54, 1.807) is 0 Å². The summed E-state index contributed by atoms with van der Waals surface area (Å²) in [4.78, 5) is 0. The predicted molar refractivity (Wildman–Crippen MR) is 59.1 cm³/mol. The molecule has 0 saturated carbocycles. The zero-order chi connectivity index (χ0) is 10.1. The van der Waals surface area contributed by atoms with Gasteiger partial charge in [-0.1, -0.05) is 39.0 Å². The molecule has 0 atom stereocenters. The fourth-order valence-corrected chi connectivity index (χ4v) is 1.66. The van der Waals surface area contributed by atoms with Gasteiger partial charge in [-0.15, -0.1) is 0 Å². The minimum absolute atomic E-state index is 0.386. The van der Waals surface area contributed by atoms with Crippen LogP contribution in [0, 0.1) is 19.3 Å². The Balaban J connectivity index is 3.00. The van der Waals surface area contributed by atoms with Crippen molar-refractivity contribution in [3.05, 3.63) is 34.9 Å². The smallest absolute Gasteiger partial charge is 0.0225 e. The van der Waals surface area contributed by atoms with Crippen molar-refractivity contribution in [2.45, 2.75) is 41.0 Å². The second-order valence-corrected chi connectivity index (χ2v) is 5.11. The highest BCUT2D eigenvalue weighted by Crippen LogP contribution is 2.24. The molecule has 72 valence electrons. The van der Waals surface area contributed by atoms with E-state index in [9.17, 15) is 0 Å². The Morgan fingerprint density at radius 3 is 1.85 bits per heavy atom. The Kier molecular flexibility index (Phi) is 2.80. The van der Waals surface area contributed by atoms with Gasteiger partial charge in [-0.05, 0) is 42.4 Å². The fourth-order valence-electron chi connectivity index (χ4n) is 1.66. The zero-order valence-corrected chi connectivity index (χ0v) is 9.44. The molecule has 0 amide bonds. The Hall–Kier alpha value is -0.780. The molecule has 0 N–H and O–H groups in total. The summed E-state index contributed by atoms with van der Waals surface area (Å²) in [6, 6.07) is 6.54. The Morgan fingerprint density at radius 1 is 1.00 bits per heavy atom. The van der Waals surface area contributed by atoms with Crippen LogP contribution in [-0.4, -0.2) is 0 Å².